The van der Waals surface area contributed by atoms with Crippen LogP contribution in [0.3, 0.4) is 0 Å². The maximum absolute atomic E-state index is 4.99. The van der Waals surface area contributed by atoms with Crippen LogP contribution in [0.1, 0.15) is 13.8 Å². The molecule has 0 spiro atoms. The van der Waals surface area contributed by atoms with Gasteiger partial charge in [0.15, 0.2) is 5.11 Å². The molecule has 0 aromatic carbocycles. The van der Waals surface area contributed by atoms with E-state index in [9.17, 15) is 0 Å². The van der Waals surface area contributed by atoms with Crippen molar-refractivity contribution in [3.63, 3.8) is 0 Å². The number of hydrogen-bond donors (Lipinski definition) is 2. The summed E-state index contributed by atoms with van der Waals surface area (Å²) < 4.78 is 4.99. The molecule has 96 valence electrons. The molecule has 0 aromatic heterocycles. The molecule has 0 heterocycles. The fourth-order valence-corrected chi connectivity index (χ4v) is 0.823. The number of nitrogens with zero attached hydrogens (tertiary/aromatic N) is 3. The lowest BCUT2D eigenvalue weighted by molar-refractivity contribution is 0.321. The summed E-state index contributed by atoms with van der Waals surface area (Å²) in [6.07, 6.45) is 1.53. The van der Waals surface area contributed by atoms with Crippen molar-refractivity contribution < 1.29 is 4.74 Å². The molecule has 8 heteroatoms. The number of hydrogen-bond acceptors (Lipinski definition) is 5. The summed E-state index contributed by atoms with van der Waals surface area (Å²) in [5.74, 6) is 0. The molecule has 0 bridgehead atoms. The number of nitrogens with one attached hydrogen (secondary N) is 2. The molecule has 17 heavy (non-hydrogen) atoms. The first kappa shape index (κ1) is 15.7. The fraction of sp³-hybridized carbons (Fsp3) is 0.556. The summed E-state index contributed by atoms with van der Waals surface area (Å²) in [5, 5.41) is 8.60. The van der Waals surface area contributed by atoms with Crippen molar-refractivity contribution in [3.05, 3.63) is 0 Å². The first-order valence-corrected chi connectivity index (χ1v) is 5.76. The van der Waals surface area contributed by atoms with E-state index < -0.39 is 0 Å². The Balaban J connectivity index is 4.03. The van der Waals surface area contributed by atoms with Crippen molar-refractivity contribution in [1.82, 2.24) is 15.8 Å². The quantitative estimate of drug-likeness (QED) is 0.447. The number of thiocarbonyl (C=S) groups is 2. The summed E-state index contributed by atoms with van der Waals surface area (Å²) in [5.41, 5.74) is 5.90. The van der Waals surface area contributed by atoms with E-state index in [-0.39, 0.29) is 5.17 Å². The predicted octanol–water partition coefficient (Wildman–Crippen LogP) is 0.695. The van der Waals surface area contributed by atoms with Gasteiger partial charge in [-0.15, -0.1) is 0 Å². The summed E-state index contributed by atoms with van der Waals surface area (Å²) >= 11 is 9.81. The number of hydrazone groups is 2. The van der Waals surface area contributed by atoms with E-state index in [1.54, 1.807) is 11.8 Å². The van der Waals surface area contributed by atoms with Crippen molar-refractivity contribution >= 4 is 46.6 Å². The lowest BCUT2D eigenvalue weighted by atomic mass is 10.5. The second kappa shape index (κ2) is 8.82. The van der Waals surface area contributed by atoms with Crippen LogP contribution in [0.25, 0.3) is 0 Å². The van der Waals surface area contributed by atoms with Gasteiger partial charge in [0.25, 0.3) is 5.17 Å². The molecular formula is C9H17N5OS2. The number of rotatable bonds is 4. The standard InChI is InChI=1S/C9H17N5OS2/c1-5-15-9(17)13-11-7(2)6-10-12-8(16)14(3)4/h6H,5H2,1-4H3,(H,12,16)(H,13,17). The Morgan fingerprint density at radius 2 is 2.00 bits per heavy atom. The molecule has 6 nitrogen and oxygen atoms in total. The van der Waals surface area contributed by atoms with Gasteiger partial charge in [0.1, 0.15) is 0 Å². The highest BCUT2D eigenvalue weighted by Gasteiger charge is 1.94. The predicted molar refractivity (Wildman–Crippen MR) is 78.4 cm³/mol. The van der Waals surface area contributed by atoms with E-state index in [4.69, 9.17) is 29.2 Å². The Morgan fingerprint density at radius 3 is 2.53 bits per heavy atom. The van der Waals surface area contributed by atoms with Crippen molar-refractivity contribution in [1.29, 1.82) is 0 Å². The van der Waals surface area contributed by atoms with E-state index in [0.29, 0.717) is 17.4 Å². The molecule has 0 radical (unpaired) electrons. The monoisotopic (exact) mass is 275 g/mol. The van der Waals surface area contributed by atoms with Crippen molar-refractivity contribution in [3.8, 4) is 0 Å². The van der Waals surface area contributed by atoms with Gasteiger partial charge in [0.05, 0.1) is 18.5 Å². The molecule has 2 N–H and O–H groups in total. The van der Waals surface area contributed by atoms with Gasteiger partial charge >= 0.3 is 0 Å². The molecular weight excluding hydrogens is 258 g/mol. The summed E-state index contributed by atoms with van der Waals surface area (Å²) in [6.45, 7) is 4.12. The maximum Gasteiger partial charge on any atom is 0.277 e. The SMILES string of the molecule is CCOC(=S)NN=C(C)C=NNC(=S)N(C)C. The zero-order chi connectivity index (χ0) is 13.3. The van der Waals surface area contributed by atoms with Gasteiger partial charge in [-0.3, -0.25) is 5.43 Å². The highest BCUT2D eigenvalue weighted by Crippen LogP contribution is 1.80. The van der Waals surface area contributed by atoms with Crippen LogP contribution in [0.2, 0.25) is 0 Å². The third kappa shape index (κ3) is 8.52. The minimum atomic E-state index is 0.233. The van der Waals surface area contributed by atoms with E-state index in [1.165, 1.54) is 6.21 Å². The van der Waals surface area contributed by atoms with Gasteiger partial charge in [-0.25, -0.2) is 5.43 Å². The average Bonchev–Trinajstić information content (AvgIpc) is 2.26. The first-order chi connectivity index (χ1) is 7.97. The molecule has 0 saturated carbocycles. The summed E-state index contributed by atoms with van der Waals surface area (Å²) in [6, 6.07) is 0. The van der Waals surface area contributed by atoms with Gasteiger partial charge in [-0.05, 0) is 38.3 Å². The van der Waals surface area contributed by atoms with E-state index in [2.05, 4.69) is 21.1 Å². The van der Waals surface area contributed by atoms with Gasteiger partial charge in [0, 0.05) is 14.1 Å². The van der Waals surface area contributed by atoms with E-state index in [1.807, 2.05) is 21.0 Å². The Labute approximate surface area is 112 Å². The van der Waals surface area contributed by atoms with Crippen molar-refractivity contribution in [2.75, 3.05) is 20.7 Å². The van der Waals surface area contributed by atoms with Crippen LogP contribution in [0.15, 0.2) is 10.2 Å². The molecule has 0 fully saturated rings. The average molecular weight is 275 g/mol. The van der Waals surface area contributed by atoms with E-state index in [0.717, 1.165) is 0 Å². The van der Waals surface area contributed by atoms with Crippen LogP contribution in [-0.4, -0.2) is 47.8 Å². The first-order valence-electron chi connectivity index (χ1n) is 4.94. The Kier molecular flexibility index (Phi) is 8.16. The number of ether oxygens (including phenoxy) is 1. The fourth-order valence-electron chi connectivity index (χ4n) is 0.607. The summed E-state index contributed by atoms with van der Waals surface area (Å²) in [7, 11) is 3.65. The third-order valence-electron chi connectivity index (χ3n) is 1.42. The Hall–Kier alpha value is -1.28. The van der Waals surface area contributed by atoms with Crippen LogP contribution >= 0.6 is 24.4 Å². The minimum Gasteiger partial charge on any atom is -0.470 e. The van der Waals surface area contributed by atoms with Gasteiger partial charge in [-0.1, -0.05) is 0 Å². The van der Waals surface area contributed by atoms with Gasteiger partial charge < -0.3 is 9.64 Å². The van der Waals surface area contributed by atoms with Crippen LogP contribution in [0.4, 0.5) is 0 Å². The highest BCUT2D eigenvalue weighted by molar-refractivity contribution is 7.80. The van der Waals surface area contributed by atoms with Crippen LogP contribution < -0.4 is 10.9 Å². The normalized spacial score (nSPS) is 11.2. The second-order valence-corrected chi connectivity index (χ2v) is 3.91. The van der Waals surface area contributed by atoms with Gasteiger partial charge in [0.2, 0.25) is 0 Å². The Bertz CT molecular complexity index is 327. The largest absolute Gasteiger partial charge is 0.470 e. The highest BCUT2D eigenvalue weighted by atomic mass is 32.1. The molecule has 0 rings (SSSR count). The lowest BCUT2D eigenvalue weighted by Gasteiger charge is -2.11. The lowest BCUT2D eigenvalue weighted by Crippen LogP contribution is -2.31. The molecule has 0 amide bonds. The third-order valence-corrected chi connectivity index (χ3v) is 2.08. The maximum atomic E-state index is 4.99. The zero-order valence-electron chi connectivity index (χ0n) is 10.4. The zero-order valence-corrected chi connectivity index (χ0v) is 12.0. The Morgan fingerprint density at radius 1 is 1.35 bits per heavy atom. The molecule has 0 aliphatic carbocycles. The van der Waals surface area contributed by atoms with Crippen LogP contribution in [0, 0.1) is 0 Å². The molecule has 0 aromatic rings. The van der Waals surface area contributed by atoms with Gasteiger partial charge in [-0.2, -0.15) is 10.2 Å². The van der Waals surface area contributed by atoms with Crippen molar-refractivity contribution in [2.24, 2.45) is 10.2 Å². The van der Waals surface area contributed by atoms with Crippen LogP contribution in [-0.2, 0) is 4.74 Å². The molecule has 0 aliphatic heterocycles. The molecule has 0 saturated heterocycles. The molecule has 0 aliphatic rings. The summed E-state index contributed by atoms with van der Waals surface area (Å²) in [4.78, 5) is 1.74. The molecule has 0 atom stereocenters. The topological polar surface area (TPSA) is 61.2 Å². The minimum absolute atomic E-state index is 0.233. The van der Waals surface area contributed by atoms with E-state index >= 15 is 0 Å². The smallest absolute Gasteiger partial charge is 0.277 e. The molecule has 0 unspecified atom stereocenters. The van der Waals surface area contributed by atoms with Crippen LogP contribution in [0.5, 0.6) is 0 Å². The van der Waals surface area contributed by atoms with Crippen molar-refractivity contribution in [2.45, 2.75) is 13.8 Å². The second-order valence-electron chi connectivity index (χ2n) is 3.16.